The maximum Gasteiger partial charge on any atom is 0.224 e. The minimum atomic E-state index is 0.108. The Morgan fingerprint density at radius 2 is 1.76 bits per heavy atom. The second kappa shape index (κ2) is 8.01. The molecule has 0 radical (unpaired) electrons. The Bertz CT molecular complexity index is 992. The molecule has 3 aromatic rings. The second-order valence-electron chi connectivity index (χ2n) is 7.97. The number of para-hydroxylation sites is 1. The third-order valence-electron chi connectivity index (χ3n) is 6.27. The van der Waals surface area contributed by atoms with Gasteiger partial charge in [-0.15, -0.1) is 0 Å². The molecule has 1 N–H and O–H groups in total. The molecule has 29 heavy (non-hydrogen) atoms. The number of nitrogens with zero attached hydrogens (tertiary/aromatic N) is 2. The van der Waals surface area contributed by atoms with E-state index >= 15 is 0 Å². The summed E-state index contributed by atoms with van der Waals surface area (Å²) in [4.78, 5) is 21.3. The largest absolute Gasteiger partial charge is 0.379 e. The smallest absolute Gasteiger partial charge is 0.224 e. The van der Waals surface area contributed by atoms with Gasteiger partial charge in [-0.2, -0.15) is 0 Å². The number of rotatable bonds is 4. The van der Waals surface area contributed by atoms with Crippen LogP contribution in [0, 0.1) is 0 Å². The van der Waals surface area contributed by atoms with Gasteiger partial charge in [0.15, 0.2) is 0 Å². The Kier molecular flexibility index (Phi) is 5.08. The zero-order chi connectivity index (χ0) is 19.6. The van der Waals surface area contributed by atoms with Gasteiger partial charge in [0.2, 0.25) is 5.91 Å². The highest BCUT2D eigenvalue weighted by atomic mass is 16.5. The molecule has 1 atom stereocenters. The quantitative estimate of drug-likeness (QED) is 0.743. The van der Waals surface area contributed by atoms with E-state index in [0.29, 0.717) is 13.0 Å². The van der Waals surface area contributed by atoms with Gasteiger partial charge in [-0.1, -0.05) is 48.5 Å². The van der Waals surface area contributed by atoms with Crippen LogP contribution in [0.3, 0.4) is 0 Å². The molecule has 2 aliphatic rings. The number of fused-ring (bicyclic) bond motifs is 3. The van der Waals surface area contributed by atoms with E-state index in [-0.39, 0.29) is 11.9 Å². The first-order chi connectivity index (χ1) is 14.3. The number of carbonyl (C=O) groups is 1. The fraction of sp³-hybridized carbons (Fsp3) is 0.375. The maximum atomic E-state index is 13.4. The zero-order valence-corrected chi connectivity index (χ0v) is 16.6. The van der Waals surface area contributed by atoms with Crippen molar-refractivity contribution in [3.63, 3.8) is 0 Å². The number of hydrogen-bond donors (Lipinski definition) is 1. The van der Waals surface area contributed by atoms with Crippen molar-refractivity contribution in [1.29, 1.82) is 0 Å². The van der Waals surface area contributed by atoms with E-state index in [4.69, 9.17) is 4.74 Å². The predicted molar refractivity (Wildman–Crippen MR) is 114 cm³/mol. The Morgan fingerprint density at radius 1 is 1.00 bits per heavy atom. The van der Waals surface area contributed by atoms with E-state index < -0.39 is 0 Å². The standard InChI is InChI=1S/C24H27N3O2/c28-24(16-23(18-6-2-1-3-7-18)26-12-14-29-15-13-26)27-11-10-22-20(17-27)19-8-4-5-9-21(19)25-22/h1-9,23,25H,10-17H2/t23-/m0/s1. The summed E-state index contributed by atoms with van der Waals surface area (Å²) in [5, 5.41) is 1.24. The van der Waals surface area contributed by atoms with Crippen LogP contribution in [0.2, 0.25) is 0 Å². The summed E-state index contributed by atoms with van der Waals surface area (Å²) in [6.45, 7) is 4.70. The fourth-order valence-electron chi connectivity index (χ4n) is 4.70. The third kappa shape index (κ3) is 3.68. The Labute approximate surface area is 171 Å². The second-order valence-corrected chi connectivity index (χ2v) is 7.97. The van der Waals surface area contributed by atoms with Crippen LogP contribution < -0.4 is 0 Å². The zero-order valence-electron chi connectivity index (χ0n) is 16.6. The number of aromatic amines is 1. The monoisotopic (exact) mass is 389 g/mol. The lowest BCUT2D eigenvalue weighted by Crippen LogP contribution is -2.42. The minimum Gasteiger partial charge on any atom is -0.379 e. The predicted octanol–water partition coefficient (Wildman–Crippen LogP) is 3.52. The Balaban J connectivity index is 1.36. The van der Waals surface area contributed by atoms with Gasteiger partial charge < -0.3 is 14.6 Å². The molecule has 0 spiro atoms. The van der Waals surface area contributed by atoms with Crippen molar-refractivity contribution in [1.82, 2.24) is 14.8 Å². The minimum absolute atomic E-state index is 0.108. The molecule has 2 aliphatic heterocycles. The summed E-state index contributed by atoms with van der Waals surface area (Å²) in [7, 11) is 0. The molecule has 1 fully saturated rings. The number of hydrogen-bond acceptors (Lipinski definition) is 3. The molecule has 2 aromatic carbocycles. The van der Waals surface area contributed by atoms with Crippen LogP contribution in [0.1, 0.15) is 29.3 Å². The van der Waals surface area contributed by atoms with Gasteiger partial charge in [-0.05, 0) is 11.6 Å². The summed E-state index contributed by atoms with van der Waals surface area (Å²) in [5.74, 6) is 0.237. The summed E-state index contributed by atoms with van der Waals surface area (Å²) in [6.07, 6.45) is 1.41. The molecular weight excluding hydrogens is 362 g/mol. The average Bonchev–Trinajstić information content (AvgIpc) is 3.16. The van der Waals surface area contributed by atoms with E-state index in [0.717, 1.165) is 39.3 Å². The van der Waals surface area contributed by atoms with Gasteiger partial charge in [0.25, 0.3) is 0 Å². The lowest BCUT2D eigenvalue weighted by Gasteiger charge is -2.36. The summed E-state index contributed by atoms with van der Waals surface area (Å²) in [5.41, 5.74) is 4.95. The first-order valence-corrected chi connectivity index (χ1v) is 10.5. The number of nitrogens with one attached hydrogen (secondary N) is 1. The van der Waals surface area contributed by atoms with E-state index in [2.05, 4.69) is 58.4 Å². The van der Waals surface area contributed by atoms with Gasteiger partial charge in [0, 0.05) is 67.2 Å². The molecule has 0 aliphatic carbocycles. The molecule has 150 valence electrons. The van der Waals surface area contributed by atoms with Gasteiger partial charge in [-0.3, -0.25) is 9.69 Å². The molecule has 0 unspecified atom stereocenters. The van der Waals surface area contributed by atoms with E-state index in [9.17, 15) is 4.79 Å². The molecule has 5 heteroatoms. The number of H-pyrrole nitrogens is 1. The number of ether oxygens (including phenoxy) is 1. The van der Waals surface area contributed by atoms with Gasteiger partial charge in [-0.25, -0.2) is 0 Å². The highest BCUT2D eigenvalue weighted by Gasteiger charge is 2.29. The van der Waals surface area contributed by atoms with Gasteiger partial charge in [0.05, 0.1) is 13.2 Å². The molecular formula is C24H27N3O2. The number of aromatic nitrogens is 1. The maximum absolute atomic E-state index is 13.4. The van der Waals surface area contributed by atoms with Gasteiger partial charge in [0.1, 0.15) is 0 Å². The number of amides is 1. The van der Waals surface area contributed by atoms with Crippen molar-refractivity contribution in [2.75, 3.05) is 32.8 Å². The van der Waals surface area contributed by atoms with Crippen LogP contribution in [0.25, 0.3) is 10.9 Å². The van der Waals surface area contributed by atoms with Crippen LogP contribution in [0.5, 0.6) is 0 Å². The summed E-state index contributed by atoms with van der Waals surface area (Å²) >= 11 is 0. The van der Waals surface area contributed by atoms with Crippen LogP contribution in [0.15, 0.2) is 54.6 Å². The summed E-state index contributed by atoms with van der Waals surface area (Å²) in [6, 6.07) is 18.9. The highest BCUT2D eigenvalue weighted by Crippen LogP contribution is 2.30. The van der Waals surface area contributed by atoms with Crippen molar-refractivity contribution in [3.8, 4) is 0 Å². The fourth-order valence-corrected chi connectivity index (χ4v) is 4.70. The first-order valence-electron chi connectivity index (χ1n) is 10.5. The van der Waals surface area contributed by atoms with Crippen molar-refractivity contribution in [3.05, 3.63) is 71.4 Å². The normalized spacial score (nSPS) is 18.6. The lowest BCUT2D eigenvalue weighted by molar-refractivity contribution is -0.134. The van der Waals surface area contributed by atoms with E-state index in [1.54, 1.807) is 0 Å². The highest BCUT2D eigenvalue weighted by molar-refractivity contribution is 5.86. The van der Waals surface area contributed by atoms with Crippen LogP contribution in [0.4, 0.5) is 0 Å². The Hall–Kier alpha value is -2.63. The van der Waals surface area contributed by atoms with E-state index in [1.165, 1.54) is 27.7 Å². The number of benzene rings is 2. The van der Waals surface area contributed by atoms with Crippen molar-refractivity contribution < 1.29 is 9.53 Å². The van der Waals surface area contributed by atoms with Crippen LogP contribution in [-0.4, -0.2) is 53.5 Å². The lowest BCUT2D eigenvalue weighted by atomic mass is 9.99. The van der Waals surface area contributed by atoms with E-state index in [1.807, 2.05) is 11.0 Å². The SMILES string of the molecule is O=C(C[C@@H](c1ccccc1)N1CCOCC1)N1CCc2[nH]c3ccccc3c2C1. The molecule has 5 nitrogen and oxygen atoms in total. The molecule has 1 aromatic heterocycles. The van der Waals surface area contributed by atoms with Crippen molar-refractivity contribution in [2.24, 2.45) is 0 Å². The number of morpholine rings is 1. The van der Waals surface area contributed by atoms with Crippen molar-refractivity contribution >= 4 is 16.8 Å². The molecule has 0 bridgehead atoms. The Morgan fingerprint density at radius 3 is 2.59 bits per heavy atom. The van der Waals surface area contributed by atoms with Crippen molar-refractivity contribution in [2.45, 2.75) is 25.4 Å². The molecule has 5 rings (SSSR count). The topological polar surface area (TPSA) is 48.6 Å². The first kappa shape index (κ1) is 18.4. The van der Waals surface area contributed by atoms with Gasteiger partial charge >= 0.3 is 0 Å². The van der Waals surface area contributed by atoms with Crippen LogP contribution >= 0.6 is 0 Å². The molecule has 1 saturated heterocycles. The molecule has 1 amide bonds. The summed E-state index contributed by atoms with van der Waals surface area (Å²) < 4.78 is 5.54. The van der Waals surface area contributed by atoms with Crippen LogP contribution in [-0.2, 0) is 22.5 Å². The average molecular weight is 389 g/mol. The number of carbonyl (C=O) groups excluding carboxylic acids is 1. The molecule has 0 saturated carbocycles. The third-order valence-corrected chi connectivity index (χ3v) is 6.27. The molecule has 3 heterocycles.